The van der Waals surface area contributed by atoms with Crippen molar-refractivity contribution >= 4 is 11.8 Å². The fraction of sp³-hybridized carbons (Fsp3) is 0.385. The normalized spacial score (nSPS) is 10.4. The predicted octanol–water partition coefficient (Wildman–Crippen LogP) is 2.33. The second-order valence-electron chi connectivity index (χ2n) is 4.37. The summed E-state index contributed by atoms with van der Waals surface area (Å²) in [7, 11) is 1.27. The molecule has 0 saturated heterocycles. The number of aromatic hydroxyl groups is 1. The van der Waals surface area contributed by atoms with Gasteiger partial charge in [-0.05, 0) is 18.1 Å². The summed E-state index contributed by atoms with van der Waals surface area (Å²) in [5, 5.41) is 18.5. The summed E-state index contributed by atoms with van der Waals surface area (Å²) in [6, 6.07) is 2.57. The average molecular weight is 252 g/mol. The molecule has 0 atom stereocenters. The van der Waals surface area contributed by atoms with Crippen molar-refractivity contribution in [3.63, 3.8) is 0 Å². The van der Waals surface area contributed by atoms with Crippen molar-refractivity contribution < 1.29 is 24.5 Å². The molecule has 0 heterocycles. The monoisotopic (exact) mass is 252 g/mol. The van der Waals surface area contributed by atoms with Gasteiger partial charge in [0.1, 0.15) is 17.1 Å². The van der Waals surface area contributed by atoms with Crippen LogP contribution in [0.3, 0.4) is 0 Å². The molecule has 0 amide bonds. The second kappa shape index (κ2) is 5.53. The number of methoxy groups -OCH3 is 1. The SMILES string of the molecule is COc1c(C(=O)CC(C)C)ccc(O)c1C(=O)O. The minimum atomic E-state index is -1.33. The molecular formula is C13H16O5. The van der Waals surface area contributed by atoms with Gasteiger partial charge in [-0.1, -0.05) is 13.8 Å². The van der Waals surface area contributed by atoms with Crippen molar-refractivity contribution in [2.24, 2.45) is 5.92 Å². The first-order valence-corrected chi connectivity index (χ1v) is 5.55. The third-order valence-electron chi connectivity index (χ3n) is 2.45. The van der Waals surface area contributed by atoms with Crippen LogP contribution in [-0.4, -0.2) is 29.1 Å². The molecule has 0 saturated carbocycles. The van der Waals surface area contributed by atoms with Crippen LogP contribution in [0.4, 0.5) is 0 Å². The number of Topliss-reactive ketones (excluding diaryl/α,β-unsaturated/α-hetero) is 1. The van der Waals surface area contributed by atoms with E-state index in [0.717, 1.165) is 0 Å². The van der Waals surface area contributed by atoms with Gasteiger partial charge in [-0.15, -0.1) is 0 Å². The van der Waals surface area contributed by atoms with Crippen LogP contribution >= 0.6 is 0 Å². The molecule has 0 aliphatic carbocycles. The fourth-order valence-corrected chi connectivity index (χ4v) is 1.69. The van der Waals surface area contributed by atoms with Gasteiger partial charge < -0.3 is 14.9 Å². The van der Waals surface area contributed by atoms with Gasteiger partial charge in [-0.25, -0.2) is 4.79 Å². The highest BCUT2D eigenvalue weighted by atomic mass is 16.5. The number of ketones is 1. The van der Waals surface area contributed by atoms with E-state index in [2.05, 4.69) is 0 Å². The molecule has 0 fully saturated rings. The van der Waals surface area contributed by atoms with Crippen LogP contribution in [0, 0.1) is 5.92 Å². The van der Waals surface area contributed by atoms with Gasteiger partial charge in [-0.2, -0.15) is 0 Å². The van der Waals surface area contributed by atoms with Gasteiger partial charge in [0.2, 0.25) is 0 Å². The number of carboxylic acid groups (broad SMARTS) is 1. The maximum absolute atomic E-state index is 12.0. The largest absolute Gasteiger partial charge is 0.507 e. The van der Waals surface area contributed by atoms with E-state index in [1.54, 1.807) is 0 Å². The Morgan fingerprint density at radius 1 is 1.33 bits per heavy atom. The van der Waals surface area contributed by atoms with Crippen molar-refractivity contribution in [2.45, 2.75) is 20.3 Å². The number of aromatic carboxylic acids is 1. The summed E-state index contributed by atoms with van der Waals surface area (Å²) in [6.45, 7) is 3.78. The highest BCUT2D eigenvalue weighted by Crippen LogP contribution is 2.32. The van der Waals surface area contributed by atoms with Crippen LogP contribution in [0.2, 0.25) is 0 Å². The van der Waals surface area contributed by atoms with Gasteiger partial charge in [0.05, 0.1) is 12.7 Å². The molecule has 5 nitrogen and oxygen atoms in total. The molecule has 0 aromatic heterocycles. The van der Waals surface area contributed by atoms with E-state index in [9.17, 15) is 14.7 Å². The van der Waals surface area contributed by atoms with Crippen LogP contribution in [0.5, 0.6) is 11.5 Å². The highest BCUT2D eigenvalue weighted by molar-refractivity contribution is 6.04. The van der Waals surface area contributed by atoms with Gasteiger partial charge in [0.25, 0.3) is 0 Å². The highest BCUT2D eigenvalue weighted by Gasteiger charge is 2.23. The maximum Gasteiger partial charge on any atom is 0.343 e. The number of carbonyl (C=O) groups is 2. The van der Waals surface area contributed by atoms with E-state index < -0.39 is 11.7 Å². The van der Waals surface area contributed by atoms with E-state index in [0.29, 0.717) is 6.42 Å². The van der Waals surface area contributed by atoms with E-state index in [1.165, 1.54) is 19.2 Å². The zero-order valence-corrected chi connectivity index (χ0v) is 10.6. The molecule has 0 bridgehead atoms. The molecule has 0 unspecified atom stereocenters. The standard InChI is InChI=1S/C13H16O5/c1-7(2)6-10(15)8-4-5-9(14)11(13(16)17)12(8)18-3/h4-5,7,14H,6H2,1-3H3,(H,16,17). The molecule has 98 valence electrons. The van der Waals surface area contributed by atoms with Crippen LogP contribution in [0.25, 0.3) is 0 Å². The molecule has 0 spiro atoms. The topological polar surface area (TPSA) is 83.8 Å². The second-order valence-corrected chi connectivity index (χ2v) is 4.37. The number of carboxylic acids is 1. The Morgan fingerprint density at radius 2 is 1.94 bits per heavy atom. The first kappa shape index (κ1) is 14.0. The molecule has 0 aliphatic rings. The average Bonchev–Trinajstić information content (AvgIpc) is 2.26. The Labute approximate surface area is 105 Å². The van der Waals surface area contributed by atoms with Crippen molar-refractivity contribution in [1.82, 2.24) is 0 Å². The summed E-state index contributed by atoms with van der Waals surface area (Å²) >= 11 is 0. The summed E-state index contributed by atoms with van der Waals surface area (Å²) < 4.78 is 4.96. The third-order valence-corrected chi connectivity index (χ3v) is 2.45. The number of hydrogen-bond donors (Lipinski definition) is 2. The molecule has 1 rings (SSSR count). The quantitative estimate of drug-likeness (QED) is 0.786. The molecule has 2 N–H and O–H groups in total. The summed E-state index contributed by atoms with van der Waals surface area (Å²) in [5.41, 5.74) is -0.200. The molecule has 1 aromatic carbocycles. The van der Waals surface area contributed by atoms with E-state index >= 15 is 0 Å². The fourth-order valence-electron chi connectivity index (χ4n) is 1.69. The minimum Gasteiger partial charge on any atom is -0.507 e. The van der Waals surface area contributed by atoms with Crippen LogP contribution < -0.4 is 4.74 Å². The molecule has 18 heavy (non-hydrogen) atoms. The molecular weight excluding hydrogens is 236 g/mol. The van der Waals surface area contributed by atoms with Crippen LogP contribution in [0.15, 0.2) is 12.1 Å². The Balaban J connectivity index is 3.33. The minimum absolute atomic E-state index is 0.0897. The summed E-state index contributed by atoms with van der Waals surface area (Å²) in [4.78, 5) is 23.0. The Kier molecular flexibility index (Phi) is 4.31. The van der Waals surface area contributed by atoms with Gasteiger partial charge in [0.15, 0.2) is 5.78 Å². The van der Waals surface area contributed by atoms with Crippen molar-refractivity contribution in [2.75, 3.05) is 7.11 Å². The van der Waals surface area contributed by atoms with Crippen molar-refractivity contribution in [1.29, 1.82) is 0 Å². The van der Waals surface area contributed by atoms with Crippen LogP contribution in [-0.2, 0) is 0 Å². The van der Waals surface area contributed by atoms with Gasteiger partial charge in [-0.3, -0.25) is 4.79 Å². The van der Waals surface area contributed by atoms with E-state index in [-0.39, 0.29) is 28.6 Å². The Morgan fingerprint density at radius 3 is 2.39 bits per heavy atom. The first-order valence-electron chi connectivity index (χ1n) is 5.55. The molecule has 0 radical (unpaired) electrons. The smallest absolute Gasteiger partial charge is 0.343 e. The zero-order valence-electron chi connectivity index (χ0n) is 10.6. The lowest BCUT2D eigenvalue weighted by Crippen LogP contribution is -2.09. The van der Waals surface area contributed by atoms with E-state index in [4.69, 9.17) is 9.84 Å². The van der Waals surface area contributed by atoms with Crippen molar-refractivity contribution in [3.05, 3.63) is 23.3 Å². The maximum atomic E-state index is 12.0. The van der Waals surface area contributed by atoms with E-state index in [1.807, 2.05) is 13.8 Å². The predicted molar refractivity (Wildman–Crippen MR) is 65.4 cm³/mol. The Bertz CT molecular complexity index is 477. The number of phenols is 1. The number of hydrogen-bond acceptors (Lipinski definition) is 4. The van der Waals surface area contributed by atoms with Gasteiger partial charge >= 0.3 is 5.97 Å². The molecule has 0 aliphatic heterocycles. The number of benzene rings is 1. The molecule has 1 aromatic rings. The first-order chi connectivity index (χ1) is 8.38. The number of rotatable bonds is 5. The number of carbonyl (C=O) groups excluding carboxylic acids is 1. The molecule has 5 heteroatoms. The number of ether oxygens (including phenoxy) is 1. The summed E-state index contributed by atoms with van der Waals surface area (Å²) in [6.07, 6.45) is 0.292. The third kappa shape index (κ3) is 2.80. The zero-order chi connectivity index (χ0) is 13.9. The van der Waals surface area contributed by atoms with Gasteiger partial charge in [0, 0.05) is 6.42 Å². The van der Waals surface area contributed by atoms with Crippen LogP contribution in [0.1, 0.15) is 41.0 Å². The lowest BCUT2D eigenvalue weighted by atomic mass is 9.98. The summed E-state index contributed by atoms with van der Waals surface area (Å²) in [5.74, 6) is -1.88. The lowest BCUT2D eigenvalue weighted by Gasteiger charge is -2.12. The van der Waals surface area contributed by atoms with Crippen molar-refractivity contribution in [3.8, 4) is 11.5 Å². The Hall–Kier alpha value is -2.04. The lowest BCUT2D eigenvalue weighted by molar-refractivity contribution is 0.0690.